The van der Waals surface area contributed by atoms with Crippen LogP contribution in [0.5, 0.6) is 0 Å². The van der Waals surface area contributed by atoms with Crippen molar-refractivity contribution in [3.63, 3.8) is 0 Å². The topological polar surface area (TPSA) is 71.4 Å². The summed E-state index contributed by atoms with van der Waals surface area (Å²) in [5, 5.41) is 9.58. The van der Waals surface area contributed by atoms with E-state index in [1.54, 1.807) is 0 Å². The largest absolute Gasteiger partial charge is 0.481 e. The Kier molecular flexibility index (Phi) is 3.69. The van der Waals surface area contributed by atoms with Crippen LogP contribution in [-0.2, 0) is 14.4 Å². The smallest absolute Gasteiger partial charge is 0.307 e. The fourth-order valence-corrected chi connectivity index (χ4v) is 5.46. The van der Waals surface area contributed by atoms with Gasteiger partial charge >= 0.3 is 5.97 Å². The van der Waals surface area contributed by atoms with Gasteiger partial charge in [-0.1, -0.05) is 20.3 Å². The molecular formula is C18H26O4. The lowest BCUT2D eigenvalue weighted by Crippen LogP contribution is -2.51. The van der Waals surface area contributed by atoms with Gasteiger partial charge in [0, 0.05) is 24.7 Å². The average molecular weight is 306 g/mol. The number of carbonyl (C=O) groups is 3. The first-order chi connectivity index (χ1) is 10.3. The average Bonchev–Trinajstić information content (AvgIpc) is 2.84. The summed E-state index contributed by atoms with van der Waals surface area (Å²) in [5.74, 6) is -1.38. The number of ketones is 2. The monoisotopic (exact) mass is 306 g/mol. The molecule has 5 atom stereocenters. The molecule has 3 rings (SSSR count). The highest BCUT2D eigenvalue weighted by Crippen LogP contribution is 2.57. The molecule has 3 fully saturated rings. The Bertz CT molecular complexity index is 525. The van der Waals surface area contributed by atoms with Crippen molar-refractivity contribution < 1.29 is 19.5 Å². The van der Waals surface area contributed by atoms with Crippen molar-refractivity contribution in [3.05, 3.63) is 0 Å². The highest BCUT2D eigenvalue weighted by Gasteiger charge is 2.57. The van der Waals surface area contributed by atoms with Crippen molar-refractivity contribution in [1.82, 2.24) is 0 Å². The number of hydrogen-bond acceptors (Lipinski definition) is 3. The Morgan fingerprint density at radius 2 is 1.82 bits per heavy atom. The second-order valence-electron chi connectivity index (χ2n) is 8.23. The van der Waals surface area contributed by atoms with Gasteiger partial charge in [0.2, 0.25) is 0 Å². The molecule has 0 spiro atoms. The van der Waals surface area contributed by atoms with E-state index in [0.29, 0.717) is 12.8 Å². The number of rotatable bonds is 2. The summed E-state index contributed by atoms with van der Waals surface area (Å²) in [7, 11) is 0. The van der Waals surface area contributed by atoms with Crippen LogP contribution in [-0.4, -0.2) is 22.6 Å². The maximum absolute atomic E-state index is 13.1. The van der Waals surface area contributed by atoms with Crippen molar-refractivity contribution in [2.24, 2.45) is 28.6 Å². The third kappa shape index (κ3) is 2.22. The quantitative estimate of drug-likeness (QED) is 0.850. The maximum Gasteiger partial charge on any atom is 0.307 e. The molecule has 0 aliphatic heterocycles. The molecule has 0 heterocycles. The number of Topliss-reactive ketones (excluding diaryl/α,β-unsaturated/α-hetero) is 2. The molecule has 0 aromatic heterocycles. The highest BCUT2D eigenvalue weighted by molar-refractivity contribution is 5.90. The lowest BCUT2D eigenvalue weighted by molar-refractivity contribution is -0.159. The SMILES string of the molecule is CC12CCCC1C(=O)C(C1(C)CCC(=O)CC1C(=O)O)CC2. The Morgan fingerprint density at radius 1 is 1.09 bits per heavy atom. The molecule has 1 N–H and O–H groups in total. The van der Waals surface area contributed by atoms with Gasteiger partial charge in [-0.15, -0.1) is 0 Å². The lowest BCUT2D eigenvalue weighted by Gasteiger charge is -2.49. The van der Waals surface area contributed by atoms with Crippen LogP contribution in [0.15, 0.2) is 0 Å². The number of aliphatic carboxylic acids is 1. The molecule has 0 aromatic rings. The molecule has 0 amide bonds. The van der Waals surface area contributed by atoms with E-state index in [1.807, 2.05) is 6.92 Å². The van der Waals surface area contributed by atoms with Crippen LogP contribution in [0.25, 0.3) is 0 Å². The van der Waals surface area contributed by atoms with Crippen molar-refractivity contribution in [2.45, 2.75) is 65.2 Å². The van der Waals surface area contributed by atoms with Crippen molar-refractivity contribution in [3.8, 4) is 0 Å². The second kappa shape index (κ2) is 5.17. The van der Waals surface area contributed by atoms with E-state index in [4.69, 9.17) is 0 Å². The first kappa shape index (κ1) is 15.7. The van der Waals surface area contributed by atoms with E-state index < -0.39 is 17.3 Å². The summed E-state index contributed by atoms with van der Waals surface area (Å²) < 4.78 is 0. The predicted molar refractivity (Wildman–Crippen MR) is 81.3 cm³/mol. The molecule has 4 heteroatoms. The van der Waals surface area contributed by atoms with E-state index in [-0.39, 0.29) is 35.2 Å². The third-order valence-corrected chi connectivity index (χ3v) is 7.04. The Balaban J connectivity index is 1.90. The Morgan fingerprint density at radius 3 is 2.50 bits per heavy atom. The molecule has 0 aromatic carbocycles. The lowest BCUT2D eigenvalue weighted by atomic mass is 9.53. The van der Waals surface area contributed by atoms with Crippen LogP contribution < -0.4 is 0 Å². The Labute approximate surface area is 131 Å². The van der Waals surface area contributed by atoms with Crippen molar-refractivity contribution in [2.75, 3.05) is 0 Å². The first-order valence-corrected chi connectivity index (χ1v) is 8.56. The normalized spacial score (nSPS) is 45.6. The van der Waals surface area contributed by atoms with Gasteiger partial charge in [0.25, 0.3) is 0 Å². The molecule has 4 nitrogen and oxygen atoms in total. The molecule has 5 unspecified atom stereocenters. The number of carbonyl (C=O) groups excluding carboxylic acids is 2. The summed E-state index contributed by atoms with van der Waals surface area (Å²) in [6.07, 6.45) is 6.06. The minimum absolute atomic E-state index is 0.0267. The number of carboxylic acid groups (broad SMARTS) is 1. The molecule has 3 saturated carbocycles. The fraction of sp³-hybridized carbons (Fsp3) is 0.833. The highest BCUT2D eigenvalue weighted by atomic mass is 16.4. The van der Waals surface area contributed by atoms with Crippen LogP contribution >= 0.6 is 0 Å². The first-order valence-electron chi connectivity index (χ1n) is 8.56. The van der Waals surface area contributed by atoms with Gasteiger partial charge in [0.15, 0.2) is 0 Å². The molecule has 3 aliphatic rings. The van der Waals surface area contributed by atoms with Crippen LogP contribution in [0, 0.1) is 28.6 Å². The molecular weight excluding hydrogens is 280 g/mol. The standard InChI is InChI=1S/C18H26O4/c1-17-7-3-4-12(17)15(20)13(6-8-17)18(2)9-5-11(19)10-14(18)16(21)22/h12-14H,3-10H2,1-2H3,(H,21,22). The summed E-state index contributed by atoms with van der Waals surface area (Å²) >= 11 is 0. The molecule has 22 heavy (non-hydrogen) atoms. The zero-order valence-corrected chi connectivity index (χ0v) is 13.6. The zero-order valence-electron chi connectivity index (χ0n) is 13.6. The summed E-state index contributed by atoms with van der Waals surface area (Å²) in [4.78, 5) is 36.5. The van der Waals surface area contributed by atoms with E-state index >= 15 is 0 Å². The summed E-state index contributed by atoms with van der Waals surface area (Å²) in [5.41, 5.74) is -0.423. The van der Waals surface area contributed by atoms with Crippen molar-refractivity contribution >= 4 is 17.5 Å². The minimum Gasteiger partial charge on any atom is -0.481 e. The van der Waals surface area contributed by atoms with Crippen LogP contribution in [0.2, 0.25) is 0 Å². The van der Waals surface area contributed by atoms with Crippen LogP contribution in [0.4, 0.5) is 0 Å². The van der Waals surface area contributed by atoms with E-state index in [2.05, 4.69) is 6.92 Å². The fourth-order valence-electron chi connectivity index (χ4n) is 5.46. The predicted octanol–water partition coefficient (Wildman–Crippen LogP) is 3.23. The molecule has 0 bridgehead atoms. The van der Waals surface area contributed by atoms with E-state index in [1.165, 1.54) is 0 Å². The third-order valence-electron chi connectivity index (χ3n) is 7.04. The molecule has 3 aliphatic carbocycles. The van der Waals surface area contributed by atoms with Gasteiger partial charge in [-0.25, -0.2) is 0 Å². The zero-order chi connectivity index (χ0) is 16.1. The van der Waals surface area contributed by atoms with E-state index in [9.17, 15) is 19.5 Å². The molecule has 0 saturated heterocycles. The minimum atomic E-state index is -0.914. The number of carboxylic acids is 1. The van der Waals surface area contributed by atoms with Gasteiger partial charge in [0.05, 0.1) is 5.92 Å². The number of fused-ring (bicyclic) bond motifs is 1. The molecule has 0 radical (unpaired) electrons. The van der Waals surface area contributed by atoms with Gasteiger partial charge in [-0.05, 0) is 42.9 Å². The van der Waals surface area contributed by atoms with Crippen molar-refractivity contribution in [1.29, 1.82) is 0 Å². The van der Waals surface area contributed by atoms with Gasteiger partial charge < -0.3 is 5.11 Å². The summed E-state index contributed by atoms with van der Waals surface area (Å²) in [6, 6.07) is 0. The summed E-state index contributed by atoms with van der Waals surface area (Å²) in [6.45, 7) is 4.17. The maximum atomic E-state index is 13.1. The second-order valence-corrected chi connectivity index (χ2v) is 8.23. The van der Waals surface area contributed by atoms with Gasteiger partial charge in [-0.2, -0.15) is 0 Å². The number of hydrogen-bond donors (Lipinski definition) is 1. The Hall–Kier alpha value is -1.19. The van der Waals surface area contributed by atoms with E-state index in [0.717, 1.165) is 32.1 Å². The molecule has 122 valence electrons. The van der Waals surface area contributed by atoms with Gasteiger partial charge in [0.1, 0.15) is 11.6 Å². The van der Waals surface area contributed by atoms with Gasteiger partial charge in [-0.3, -0.25) is 14.4 Å². The van der Waals surface area contributed by atoms with Crippen LogP contribution in [0.1, 0.15) is 65.2 Å². The van der Waals surface area contributed by atoms with Crippen LogP contribution in [0.3, 0.4) is 0 Å².